The van der Waals surface area contributed by atoms with Crippen LogP contribution in [0.15, 0.2) is 40.8 Å². The van der Waals surface area contributed by atoms with Crippen molar-refractivity contribution in [1.82, 2.24) is 24.6 Å². The van der Waals surface area contributed by atoms with Crippen LogP contribution in [-0.4, -0.2) is 49.2 Å². The van der Waals surface area contributed by atoms with E-state index in [9.17, 15) is 18.0 Å². The zero-order chi connectivity index (χ0) is 17.6. The summed E-state index contributed by atoms with van der Waals surface area (Å²) in [7, 11) is 0. The van der Waals surface area contributed by atoms with Crippen molar-refractivity contribution in [2.75, 3.05) is 0 Å². The van der Waals surface area contributed by atoms with E-state index in [1.54, 1.807) is 29.1 Å². The van der Waals surface area contributed by atoms with E-state index in [0.717, 1.165) is 28.4 Å². The van der Waals surface area contributed by atoms with E-state index in [0.29, 0.717) is 11.5 Å². The fourth-order valence-electron chi connectivity index (χ4n) is 2.64. The fourth-order valence-corrected chi connectivity index (χ4v) is 3.75. The largest absolute Gasteiger partial charge is 0.432 e. The van der Waals surface area contributed by atoms with Gasteiger partial charge in [0.25, 0.3) is 0 Å². The molecule has 0 fully saturated rings. The van der Waals surface area contributed by atoms with Gasteiger partial charge in [0.05, 0.1) is 18.5 Å². The number of thioether (sulfide) groups is 1. The zero-order valence-corrected chi connectivity index (χ0v) is 13.3. The molecule has 0 saturated carbocycles. The van der Waals surface area contributed by atoms with Crippen molar-refractivity contribution in [3.8, 4) is 0 Å². The molecule has 1 N–H and O–H groups in total. The van der Waals surface area contributed by atoms with E-state index >= 15 is 0 Å². The predicted molar refractivity (Wildman–Crippen MR) is 84.5 cm³/mol. The highest BCUT2D eigenvalue weighted by Crippen LogP contribution is 2.42. The quantitative estimate of drug-likeness (QED) is 0.890. The van der Waals surface area contributed by atoms with Gasteiger partial charge in [-0.1, -0.05) is 0 Å². The van der Waals surface area contributed by atoms with Crippen LogP contribution < -0.4 is 5.32 Å². The van der Waals surface area contributed by atoms with Crippen LogP contribution >= 0.6 is 11.8 Å². The molecule has 2 unspecified atom stereocenters. The molecule has 2 aliphatic heterocycles. The van der Waals surface area contributed by atoms with Gasteiger partial charge in [-0.25, -0.2) is 15.0 Å². The van der Waals surface area contributed by atoms with E-state index < -0.39 is 23.4 Å². The van der Waals surface area contributed by atoms with Gasteiger partial charge >= 0.3 is 6.18 Å². The monoisotopic (exact) mass is 368 g/mol. The molecule has 4 rings (SSSR count). The normalized spacial score (nSPS) is 22.4. The Balaban J connectivity index is 1.40. The fraction of sp³-hybridized carbons (Fsp3) is 0.286. The van der Waals surface area contributed by atoms with Crippen LogP contribution in [0.4, 0.5) is 13.2 Å². The number of hydrogen-bond acceptors (Lipinski definition) is 6. The first-order valence-electron chi connectivity index (χ1n) is 7.24. The van der Waals surface area contributed by atoms with E-state index in [4.69, 9.17) is 0 Å². The predicted octanol–water partition coefficient (Wildman–Crippen LogP) is 1.53. The SMILES string of the molecule is O=C(Cc1cn2cccnc2n1)NC1N=CN2C(C(F)(F)F)=CSC12. The van der Waals surface area contributed by atoms with Crippen LogP contribution in [0.25, 0.3) is 5.78 Å². The van der Waals surface area contributed by atoms with Crippen molar-refractivity contribution in [1.29, 1.82) is 0 Å². The number of halogens is 3. The van der Waals surface area contributed by atoms with Gasteiger partial charge in [0, 0.05) is 24.0 Å². The number of carbonyl (C=O) groups is 1. The summed E-state index contributed by atoms with van der Waals surface area (Å²) in [5.41, 5.74) is -0.252. The van der Waals surface area contributed by atoms with Crippen molar-refractivity contribution in [3.63, 3.8) is 0 Å². The third-order valence-corrected chi connectivity index (χ3v) is 4.84. The van der Waals surface area contributed by atoms with Gasteiger partial charge in [-0.15, -0.1) is 11.8 Å². The Morgan fingerprint density at radius 2 is 2.24 bits per heavy atom. The maximum Gasteiger partial charge on any atom is 0.432 e. The van der Waals surface area contributed by atoms with Gasteiger partial charge in [-0.3, -0.25) is 9.20 Å². The highest BCUT2D eigenvalue weighted by Gasteiger charge is 2.47. The second-order valence-electron chi connectivity index (χ2n) is 5.45. The molecule has 0 spiro atoms. The molecule has 7 nitrogen and oxygen atoms in total. The standard InChI is InChI=1S/C14H11F3N6OS/c15-14(16,17)9-6-25-12-11(19-7-23(9)12)21-10(24)4-8-5-22-3-1-2-18-13(22)20-8/h1-3,5-7,11-12H,4H2,(H,21,24). The average Bonchev–Trinajstić information content (AvgIpc) is 3.21. The number of allylic oxidation sites excluding steroid dienone is 1. The summed E-state index contributed by atoms with van der Waals surface area (Å²) < 4.78 is 40.4. The highest BCUT2D eigenvalue weighted by atomic mass is 32.2. The maximum absolute atomic E-state index is 12.9. The molecule has 2 aromatic rings. The minimum atomic E-state index is -4.45. The Hall–Kier alpha value is -2.56. The first-order valence-corrected chi connectivity index (χ1v) is 8.18. The number of nitrogens with zero attached hydrogens (tertiary/aromatic N) is 5. The first-order chi connectivity index (χ1) is 11.9. The molecule has 0 radical (unpaired) electrons. The van der Waals surface area contributed by atoms with Gasteiger partial charge in [0.1, 0.15) is 11.1 Å². The molecule has 4 heterocycles. The molecule has 0 saturated heterocycles. The number of hydrogen-bond donors (Lipinski definition) is 1. The second-order valence-corrected chi connectivity index (χ2v) is 6.44. The molecule has 25 heavy (non-hydrogen) atoms. The molecule has 2 aromatic heterocycles. The Morgan fingerprint density at radius 3 is 3.00 bits per heavy atom. The number of rotatable bonds is 3. The van der Waals surface area contributed by atoms with Crippen LogP contribution in [0.1, 0.15) is 5.69 Å². The lowest BCUT2D eigenvalue weighted by Gasteiger charge is -2.23. The number of nitrogens with one attached hydrogen (secondary N) is 1. The molecule has 2 atom stereocenters. The zero-order valence-electron chi connectivity index (χ0n) is 12.5. The Kier molecular flexibility index (Phi) is 3.67. The van der Waals surface area contributed by atoms with Crippen molar-refractivity contribution in [3.05, 3.63) is 41.5 Å². The van der Waals surface area contributed by atoms with Crippen LogP contribution in [0.2, 0.25) is 0 Å². The summed E-state index contributed by atoms with van der Waals surface area (Å²) in [6.07, 6.45) is 0.946. The molecule has 2 aliphatic rings. The first kappa shape index (κ1) is 15.9. The molecule has 0 aliphatic carbocycles. The van der Waals surface area contributed by atoms with E-state index in [2.05, 4.69) is 20.3 Å². The summed E-state index contributed by atoms with van der Waals surface area (Å²) in [5.74, 6) is 0.106. The molecule has 130 valence electrons. The molecule has 0 aromatic carbocycles. The number of carbonyl (C=O) groups excluding carboxylic acids is 1. The van der Waals surface area contributed by atoms with Gasteiger partial charge < -0.3 is 10.2 Å². The van der Waals surface area contributed by atoms with E-state index in [-0.39, 0.29) is 12.3 Å². The lowest BCUT2D eigenvalue weighted by atomic mass is 10.3. The second kappa shape index (κ2) is 5.76. The summed E-state index contributed by atoms with van der Waals surface area (Å²) in [4.78, 5) is 25.5. The summed E-state index contributed by atoms with van der Waals surface area (Å²) in [6, 6.07) is 1.74. The number of aromatic nitrogens is 3. The number of imidazole rings is 1. The van der Waals surface area contributed by atoms with Gasteiger partial charge in [0.2, 0.25) is 11.7 Å². The smallest absolute Gasteiger partial charge is 0.331 e. The topological polar surface area (TPSA) is 74.9 Å². The lowest BCUT2D eigenvalue weighted by molar-refractivity contribution is -0.121. The summed E-state index contributed by atoms with van der Waals surface area (Å²) in [6.45, 7) is 0. The molecular formula is C14H11F3N6OS. The van der Waals surface area contributed by atoms with E-state index in [1.807, 2.05) is 0 Å². The lowest BCUT2D eigenvalue weighted by Crippen LogP contribution is -2.43. The number of amides is 1. The Morgan fingerprint density at radius 1 is 1.40 bits per heavy atom. The van der Waals surface area contributed by atoms with Gasteiger partial charge in [-0.05, 0) is 6.07 Å². The number of alkyl halides is 3. The Bertz CT molecular complexity index is 859. The van der Waals surface area contributed by atoms with Crippen molar-refractivity contribution >= 4 is 29.8 Å². The van der Waals surface area contributed by atoms with Crippen molar-refractivity contribution < 1.29 is 18.0 Å². The summed E-state index contributed by atoms with van der Waals surface area (Å²) >= 11 is 0.983. The summed E-state index contributed by atoms with van der Waals surface area (Å²) in [5, 5.41) is 3.07. The van der Waals surface area contributed by atoms with Crippen molar-refractivity contribution in [2.45, 2.75) is 24.1 Å². The third kappa shape index (κ3) is 2.95. The van der Waals surface area contributed by atoms with Crippen LogP contribution in [0, 0.1) is 0 Å². The van der Waals surface area contributed by atoms with Gasteiger partial charge in [-0.2, -0.15) is 13.2 Å². The molecule has 11 heteroatoms. The minimum Gasteiger partial charge on any atom is -0.331 e. The maximum atomic E-state index is 12.9. The van der Waals surface area contributed by atoms with E-state index in [1.165, 1.54) is 0 Å². The number of fused-ring (bicyclic) bond motifs is 2. The van der Waals surface area contributed by atoms with Crippen molar-refractivity contribution in [2.24, 2.45) is 4.99 Å². The van der Waals surface area contributed by atoms with Crippen LogP contribution in [0.3, 0.4) is 0 Å². The van der Waals surface area contributed by atoms with Crippen LogP contribution in [-0.2, 0) is 11.2 Å². The number of aliphatic imine (C=N–C) groups is 1. The van der Waals surface area contributed by atoms with Gasteiger partial charge in [0.15, 0.2) is 6.17 Å². The third-order valence-electron chi connectivity index (χ3n) is 3.72. The molecule has 1 amide bonds. The minimum absolute atomic E-state index is 0.00762. The average molecular weight is 368 g/mol. The highest BCUT2D eigenvalue weighted by molar-refractivity contribution is 8.03. The molecular weight excluding hydrogens is 357 g/mol. The molecule has 0 bridgehead atoms. The van der Waals surface area contributed by atoms with Crippen LogP contribution in [0.5, 0.6) is 0 Å². The Labute approximate surface area is 143 Å².